The quantitative estimate of drug-likeness (QED) is 0.0229. The van der Waals surface area contributed by atoms with E-state index >= 15 is 0 Å². The van der Waals surface area contributed by atoms with Gasteiger partial charge in [0.2, 0.25) is 17.7 Å². The Bertz CT molecular complexity index is 2130. The molecule has 7 unspecified atom stereocenters. The number of hydrogen-bond acceptors (Lipinski definition) is 19. The molecule has 13 N–H and O–H groups in total. The summed E-state index contributed by atoms with van der Waals surface area (Å²) in [7, 11) is -14.1. The third-order valence-electron chi connectivity index (χ3n) is 7.81. The molecular weight excluding hydrogens is 953 g/mol. The molecule has 28 nitrogen and oxygen atoms in total. The zero-order valence-electron chi connectivity index (χ0n) is 33.0. The van der Waals surface area contributed by atoms with E-state index in [-0.39, 0.29) is 43.1 Å². The molecule has 3 amide bonds. The Morgan fingerprint density at radius 3 is 2.22 bits per heavy atom. The first-order valence-corrected chi connectivity index (χ1v) is 24.6. The lowest BCUT2D eigenvalue weighted by atomic mass is 10.0. The van der Waals surface area contributed by atoms with E-state index in [0.29, 0.717) is 18.6 Å². The van der Waals surface area contributed by atoms with Crippen LogP contribution in [0.1, 0.15) is 70.6 Å². The Morgan fingerprint density at radius 2 is 1.62 bits per heavy atom. The van der Waals surface area contributed by atoms with Gasteiger partial charge >= 0.3 is 47.1 Å². The van der Waals surface area contributed by atoms with Crippen molar-refractivity contribution in [1.29, 1.82) is 0 Å². The molecule has 1 saturated heterocycles. The van der Waals surface area contributed by atoms with E-state index in [4.69, 9.17) is 35.6 Å². The normalized spacial score (nSPS) is 19.3. The number of nitrogen functional groups attached to an aromatic ring is 1. The molecule has 1 aliphatic heterocycles. The van der Waals surface area contributed by atoms with Crippen LogP contribution in [0.5, 0.6) is 0 Å². The summed E-state index contributed by atoms with van der Waals surface area (Å²) >= 11 is 0. The number of ether oxygens (including phenoxy) is 1. The van der Waals surface area contributed by atoms with Gasteiger partial charge in [0.05, 0.1) is 37.7 Å². The molecule has 0 spiro atoms. The maximum atomic E-state index is 12.6. The molecule has 1 aromatic rings. The van der Waals surface area contributed by atoms with Crippen molar-refractivity contribution in [1.82, 2.24) is 25.5 Å². The van der Waals surface area contributed by atoms with Crippen molar-refractivity contribution >= 4 is 86.5 Å². The molecule has 0 aromatic carbocycles. The van der Waals surface area contributed by atoms with E-state index in [2.05, 4.69) is 40.6 Å². The van der Waals surface area contributed by atoms with E-state index in [9.17, 15) is 62.2 Å². The molecule has 1 fully saturated rings. The summed E-state index contributed by atoms with van der Waals surface area (Å²) in [4.78, 5) is 123. The van der Waals surface area contributed by atoms with Crippen molar-refractivity contribution in [2.75, 3.05) is 24.6 Å². The lowest BCUT2D eigenvalue weighted by molar-refractivity contribution is -0.148. The van der Waals surface area contributed by atoms with Crippen LogP contribution in [0.15, 0.2) is 11.0 Å². The van der Waals surface area contributed by atoms with Crippen molar-refractivity contribution in [3.05, 3.63) is 22.2 Å². The van der Waals surface area contributed by atoms with E-state index in [1.54, 1.807) is 0 Å². The summed E-state index contributed by atoms with van der Waals surface area (Å²) < 4.78 is 52.0. The Balaban J connectivity index is 1.82. The lowest BCUT2D eigenvalue weighted by Gasteiger charge is -2.23. The average molecular weight is 999 g/mol. The number of nitrogens with one attached hydrogen (secondary N) is 3. The molecule has 1 aliphatic rings. The number of nitrogens with zero attached hydrogens (tertiary/aromatic N) is 2. The molecule has 354 valence electrons. The van der Waals surface area contributed by atoms with Gasteiger partial charge in [-0.1, -0.05) is 33.4 Å². The average Bonchev–Trinajstić information content (AvgIpc) is 3.48. The van der Waals surface area contributed by atoms with Crippen LogP contribution in [-0.2, 0) is 60.3 Å². The largest absolute Gasteiger partial charge is 0.490 e. The molecule has 0 bridgehead atoms. The number of carboxylic acid groups (broad SMARTS) is 3. The number of rotatable bonds is 26. The molecule has 0 saturated carbocycles. The number of carbonyl (C=O) groups is 6. The van der Waals surface area contributed by atoms with Crippen LogP contribution in [0.4, 0.5) is 5.82 Å². The first-order valence-electron chi connectivity index (χ1n) is 17.8. The summed E-state index contributed by atoms with van der Waals surface area (Å²) in [6, 6.07) is -3.50. The van der Waals surface area contributed by atoms with Crippen LogP contribution in [-0.4, -0.2) is 133 Å². The Hall–Kier alpha value is -3.91. The molecule has 0 aliphatic carbocycles. The Morgan fingerprint density at radius 1 is 0.984 bits per heavy atom. The predicted molar refractivity (Wildman–Crippen MR) is 216 cm³/mol. The van der Waals surface area contributed by atoms with Gasteiger partial charge in [-0.15, -0.1) is 0 Å². The third kappa shape index (κ3) is 21.6. The highest BCUT2D eigenvalue weighted by atomic mass is 33.1. The number of aromatic nitrogens is 2. The number of phosphoric acid groups is 3. The molecule has 7 atom stereocenters. The van der Waals surface area contributed by atoms with Gasteiger partial charge in [0.25, 0.3) is 0 Å². The lowest BCUT2D eigenvalue weighted by Crippen LogP contribution is -2.52. The van der Waals surface area contributed by atoms with Crippen molar-refractivity contribution < 1.29 is 100 Å². The fraction of sp³-hybridized carbons (Fsp3) is 0.600. The van der Waals surface area contributed by atoms with E-state index in [0.717, 1.165) is 10.8 Å². The summed E-state index contributed by atoms with van der Waals surface area (Å²) in [5, 5.41) is 44.3. The molecule has 2 rings (SSSR count). The molecule has 2 heterocycles. The minimum Gasteiger partial charge on any atom is -0.481 e. The first kappa shape index (κ1) is 55.2. The number of aliphatic hydroxyl groups excluding tert-OH is 1. The first-order chi connectivity index (χ1) is 29.0. The van der Waals surface area contributed by atoms with Gasteiger partial charge in [0.15, 0.2) is 0 Å². The van der Waals surface area contributed by atoms with Crippen LogP contribution in [0, 0.1) is 11.8 Å². The summed E-state index contributed by atoms with van der Waals surface area (Å²) in [6.45, 7) is 2.63. The molecular formula is C30H45N6O22P3S2. The number of hydrogen-bond donors (Lipinski definition) is 12. The molecule has 0 radical (unpaired) electrons. The van der Waals surface area contributed by atoms with Crippen LogP contribution >= 0.6 is 45.1 Å². The smallest absolute Gasteiger partial charge is 0.481 e. The minimum atomic E-state index is -5.79. The SMILES string of the molecule is CC(C)(CCCC(=O)NC(CC(=O)O)C(=O)NC(CC(=O)O)C(=O)O)SSCCC(=O)NCC#Cc1cn(C2CC(O)C(COP(=O)(O)OP(=O)(O)OP(=O)(O)O)O2)c(=O)nc1N. The zero-order chi connectivity index (χ0) is 47.9. The van der Waals surface area contributed by atoms with Gasteiger partial charge in [0.1, 0.15) is 30.2 Å². The third-order valence-corrected chi connectivity index (χ3v) is 15.0. The molecule has 33 heteroatoms. The van der Waals surface area contributed by atoms with E-state index < -0.39 is 114 Å². The second kappa shape index (κ2) is 24.4. The fourth-order valence-electron chi connectivity index (χ4n) is 5.01. The number of carboxylic acids is 3. The number of nitrogens with two attached hydrogens (primary N) is 1. The summed E-state index contributed by atoms with van der Waals surface area (Å²) in [6.07, 6.45) is -4.42. The molecule has 1 aromatic heterocycles. The number of aliphatic carboxylic acids is 3. The highest BCUT2D eigenvalue weighted by Gasteiger charge is 2.43. The predicted octanol–water partition coefficient (Wildman–Crippen LogP) is -0.991. The van der Waals surface area contributed by atoms with Gasteiger partial charge in [-0.3, -0.25) is 33.1 Å². The number of amides is 3. The van der Waals surface area contributed by atoms with Crippen molar-refractivity contribution in [3.63, 3.8) is 0 Å². The van der Waals surface area contributed by atoms with Crippen molar-refractivity contribution in [2.24, 2.45) is 0 Å². The summed E-state index contributed by atoms with van der Waals surface area (Å²) in [5.74, 6) is -1.51. The van der Waals surface area contributed by atoms with E-state index in [1.165, 1.54) is 21.6 Å². The number of carbonyl (C=O) groups excluding carboxylic acids is 3. The monoisotopic (exact) mass is 998 g/mol. The van der Waals surface area contributed by atoms with Crippen molar-refractivity contribution in [3.8, 4) is 11.8 Å². The topological polar surface area (TPSA) is 449 Å². The highest BCUT2D eigenvalue weighted by molar-refractivity contribution is 8.77. The second-order valence-corrected chi connectivity index (χ2v) is 21.2. The Kier molecular flexibility index (Phi) is 21.4. The second-order valence-electron chi connectivity index (χ2n) is 13.6. The minimum absolute atomic E-state index is 0.0118. The molecule has 63 heavy (non-hydrogen) atoms. The number of phosphoric ester groups is 1. The summed E-state index contributed by atoms with van der Waals surface area (Å²) in [5.41, 5.74) is 4.89. The van der Waals surface area contributed by atoms with Crippen LogP contribution in [0.3, 0.4) is 0 Å². The van der Waals surface area contributed by atoms with E-state index in [1.807, 2.05) is 19.2 Å². The Labute approximate surface area is 364 Å². The maximum Gasteiger partial charge on any atom is 0.490 e. The highest BCUT2D eigenvalue weighted by Crippen LogP contribution is 2.66. The van der Waals surface area contributed by atoms with Crippen LogP contribution < -0.4 is 27.4 Å². The van der Waals surface area contributed by atoms with Gasteiger partial charge in [0, 0.05) is 36.0 Å². The van der Waals surface area contributed by atoms with Gasteiger partial charge in [-0.2, -0.15) is 13.6 Å². The zero-order valence-corrected chi connectivity index (χ0v) is 37.3. The van der Waals surface area contributed by atoms with Crippen LogP contribution in [0.25, 0.3) is 0 Å². The van der Waals surface area contributed by atoms with Crippen molar-refractivity contribution in [2.45, 2.75) is 94.1 Å². The standard InChI is InChI=1S/C30H45N6O22P3S2/c1-30(2,8-3-6-22(39)33-17(11-24(40)41)27(44)34-18(28(45)46)12-25(42)43)63-62-10-7-21(38)32-9-4-5-16-14-36(29(47)35-26(16)31)23-13-19(37)20(56-23)15-55-60(51,52)58-61(53,54)57-59(48,49)50/h14,17-20,23,37H,3,6-13,15H2,1-2H3,(H,32,38)(H,33,39)(H,34,44)(H,40,41)(H,42,43)(H,45,46)(H,51,52)(H,53,54)(H2,31,35,47)(H2,48,49,50). The van der Waals surface area contributed by atoms with Gasteiger partial charge in [-0.25, -0.2) is 23.3 Å². The fourth-order valence-corrected chi connectivity index (χ4v) is 10.6. The van der Waals surface area contributed by atoms with Gasteiger partial charge < -0.3 is 66.4 Å². The van der Waals surface area contributed by atoms with Crippen LogP contribution in [0.2, 0.25) is 0 Å². The number of anilines is 1. The van der Waals surface area contributed by atoms with Gasteiger partial charge in [-0.05, 0) is 26.7 Å². The number of aliphatic hydroxyl groups is 1. The maximum absolute atomic E-state index is 12.6.